The number of ether oxygens (including phenoxy) is 5. The van der Waals surface area contributed by atoms with E-state index in [-0.39, 0.29) is 54.9 Å². The fraction of sp³-hybridized carbons (Fsp3) is 0.426. The molecule has 22 heteroatoms. The molecule has 5 heterocycles. The number of nitrogens with one attached hydrogen (secondary N) is 5. The third-order valence-electron chi connectivity index (χ3n) is 13.6. The monoisotopic (exact) mass is 1050 g/mol. The molecular weight excluding hydrogens is 989 g/mol. The molecule has 76 heavy (non-hydrogen) atoms. The summed E-state index contributed by atoms with van der Waals surface area (Å²) >= 11 is 0. The fourth-order valence-electron chi connectivity index (χ4n) is 9.64. The lowest BCUT2D eigenvalue weighted by Crippen LogP contribution is -2.54. The molecule has 1 unspecified atom stereocenters. The van der Waals surface area contributed by atoms with Crippen LogP contribution in [-0.4, -0.2) is 166 Å². The Kier molecular flexibility index (Phi) is 17.9. The third kappa shape index (κ3) is 13.5. The van der Waals surface area contributed by atoms with Gasteiger partial charge >= 0.3 is 0 Å². The molecule has 20 nitrogen and oxygen atoms in total. The van der Waals surface area contributed by atoms with Crippen LogP contribution in [-0.2, 0) is 44.5 Å². The summed E-state index contributed by atoms with van der Waals surface area (Å²) in [5.74, 6) is -3.50. The summed E-state index contributed by atoms with van der Waals surface area (Å²) in [5, 5.41) is 19.9. The maximum atomic E-state index is 14.0. The van der Waals surface area contributed by atoms with Gasteiger partial charge in [-0.3, -0.25) is 44.1 Å². The van der Waals surface area contributed by atoms with E-state index in [1.807, 2.05) is 35.2 Å². The smallest absolute Gasteiger partial charge is 0.262 e. The Morgan fingerprint density at radius 1 is 0.724 bits per heavy atom. The molecule has 1 atom stereocenters. The van der Waals surface area contributed by atoms with Crippen LogP contribution in [0, 0.1) is 11.6 Å². The number of benzene rings is 4. The quantitative estimate of drug-likeness (QED) is 0.0409. The molecule has 4 aromatic carbocycles. The number of aromatic amines is 1. The van der Waals surface area contributed by atoms with E-state index in [4.69, 9.17) is 23.7 Å². The predicted octanol–water partition coefficient (Wildman–Crippen LogP) is 4.89. The molecular formula is C54H61F2N9O11. The normalized spacial score (nSPS) is 17.1. The minimum Gasteiger partial charge on any atom is -0.383 e. The van der Waals surface area contributed by atoms with E-state index < -0.39 is 41.3 Å². The Morgan fingerprint density at radius 2 is 1.42 bits per heavy atom. The minimum absolute atomic E-state index is 0.0132. The first-order chi connectivity index (χ1) is 37.0. The SMILES string of the molecule is O=C1CCC(N2C(=O)c3ccc(NCCOCCOCCOCCOCCC(=O)N4CCN(c5ccc(C(=O)Nc6n[nH]c7ccc(Cc8cc(F)cc(F)c8)cc67)c(NC6CCOCC6)c5)CC4)cc3C2=O)C(=O)N1. The van der Waals surface area contributed by atoms with E-state index in [1.165, 1.54) is 12.1 Å². The summed E-state index contributed by atoms with van der Waals surface area (Å²) in [7, 11) is 0. The number of hydrogen-bond acceptors (Lipinski definition) is 15. The predicted molar refractivity (Wildman–Crippen MR) is 275 cm³/mol. The zero-order chi connectivity index (χ0) is 53.0. The third-order valence-corrected chi connectivity index (χ3v) is 13.6. The molecule has 3 saturated heterocycles. The van der Waals surface area contributed by atoms with Crippen molar-refractivity contribution < 1.29 is 61.2 Å². The zero-order valence-electron chi connectivity index (χ0n) is 42.0. The molecule has 0 aliphatic carbocycles. The minimum atomic E-state index is -1.02. The molecule has 1 aromatic heterocycles. The highest BCUT2D eigenvalue weighted by molar-refractivity contribution is 6.23. The fourth-order valence-corrected chi connectivity index (χ4v) is 9.64. The average Bonchev–Trinajstić information content (AvgIpc) is 3.93. The largest absolute Gasteiger partial charge is 0.383 e. The van der Waals surface area contributed by atoms with Crippen molar-refractivity contribution in [3.63, 3.8) is 0 Å². The lowest BCUT2D eigenvalue weighted by Gasteiger charge is -2.36. The molecule has 0 bridgehead atoms. The number of H-pyrrole nitrogens is 1. The molecule has 0 spiro atoms. The summed E-state index contributed by atoms with van der Waals surface area (Å²) in [4.78, 5) is 81.9. The van der Waals surface area contributed by atoms with E-state index in [2.05, 4.69) is 36.4 Å². The van der Waals surface area contributed by atoms with Crippen LogP contribution in [0.1, 0.15) is 74.3 Å². The molecule has 6 amide bonds. The van der Waals surface area contributed by atoms with Crippen LogP contribution in [0.4, 0.5) is 31.7 Å². The second-order valence-corrected chi connectivity index (χ2v) is 18.8. The molecule has 5 aromatic rings. The van der Waals surface area contributed by atoms with Crippen LogP contribution in [0.3, 0.4) is 0 Å². The number of halogens is 2. The van der Waals surface area contributed by atoms with Crippen LogP contribution in [0.25, 0.3) is 10.9 Å². The van der Waals surface area contributed by atoms with Gasteiger partial charge < -0.3 is 49.4 Å². The number of rotatable bonds is 24. The number of fused-ring (bicyclic) bond motifs is 2. The number of nitrogens with zero attached hydrogens (tertiary/aromatic N) is 4. The number of piperidine rings is 1. The number of amides is 6. The van der Waals surface area contributed by atoms with Crippen molar-refractivity contribution in [1.82, 2.24) is 25.3 Å². The van der Waals surface area contributed by atoms with Gasteiger partial charge in [-0.2, -0.15) is 5.10 Å². The van der Waals surface area contributed by atoms with Crippen LogP contribution in [0.15, 0.2) is 72.8 Å². The zero-order valence-corrected chi connectivity index (χ0v) is 42.0. The first kappa shape index (κ1) is 53.5. The van der Waals surface area contributed by atoms with Crippen LogP contribution < -0.4 is 26.2 Å². The average molecular weight is 1050 g/mol. The van der Waals surface area contributed by atoms with Gasteiger partial charge in [-0.1, -0.05) is 6.07 Å². The highest BCUT2D eigenvalue weighted by Gasteiger charge is 2.44. The number of aromatic nitrogens is 2. The van der Waals surface area contributed by atoms with Gasteiger partial charge in [0.25, 0.3) is 17.7 Å². The van der Waals surface area contributed by atoms with E-state index >= 15 is 0 Å². The lowest BCUT2D eigenvalue weighted by atomic mass is 10.0. The van der Waals surface area contributed by atoms with Gasteiger partial charge in [0.05, 0.1) is 81.5 Å². The Morgan fingerprint density at radius 3 is 2.14 bits per heavy atom. The maximum absolute atomic E-state index is 14.0. The lowest BCUT2D eigenvalue weighted by molar-refractivity contribution is -0.136. The summed E-state index contributed by atoms with van der Waals surface area (Å²) < 4.78 is 55.9. The highest BCUT2D eigenvalue weighted by Crippen LogP contribution is 2.32. The molecule has 4 aliphatic heterocycles. The van der Waals surface area contributed by atoms with Crippen LogP contribution in [0.5, 0.6) is 0 Å². The Balaban J connectivity index is 0.637. The van der Waals surface area contributed by atoms with Gasteiger partial charge in [-0.05, 0) is 97.5 Å². The number of anilines is 4. The summed E-state index contributed by atoms with van der Waals surface area (Å²) in [6.45, 7) is 6.76. The second kappa shape index (κ2) is 25.4. The van der Waals surface area contributed by atoms with Gasteiger partial charge in [0, 0.05) is 86.9 Å². The first-order valence-corrected chi connectivity index (χ1v) is 25.6. The van der Waals surface area contributed by atoms with Gasteiger partial charge in [0.15, 0.2) is 5.82 Å². The van der Waals surface area contributed by atoms with E-state index in [0.29, 0.717) is 138 Å². The Hall–Kier alpha value is -7.37. The first-order valence-electron chi connectivity index (χ1n) is 25.6. The number of hydrogen-bond donors (Lipinski definition) is 5. The Labute approximate surface area is 437 Å². The van der Waals surface area contributed by atoms with E-state index in [1.54, 1.807) is 24.3 Å². The number of imide groups is 2. The van der Waals surface area contributed by atoms with Crippen molar-refractivity contribution in [1.29, 1.82) is 0 Å². The van der Waals surface area contributed by atoms with Crippen molar-refractivity contribution in [2.24, 2.45) is 0 Å². The number of piperazine rings is 1. The van der Waals surface area contributed by atoms with Crippen molar-refractivity contribution in [3.05, 3.63) is 112 Å². The topological polar surface area (TPSA) is 235 Å². The molecule has 0 saturated carbocycles. The number of carbonyl (C=O) groups is 6. The van der Waals surface area contributed by atoms with Gasteiger partial charge in [-0.15, -0.1) is 0 Å². The van der Waals surface area contributed by atoms with Crippen molar-refractivity contribution in [2.75, 3.05) is 120 Å². The highest BCUT2D eigenvalue weighted by atomic mass is 19.1. The molecule has 3 fully saturated rings. The summed E-state index contributed by atoms with van der Waals surface area (Å²) in [6.07, 6.45) is 2.27. The van der Waals surface area contributed by atoms with E-state index in [9.17, 15) is 37.5 Å². The molecule has 4 aliphatic rings. The maximum Gasteiger partial charge on any atom is 0.262 e. The molecule has 9 rings (SSSR count). The van der Waals surface area contributed by atoms with Crippen LogP contribution in [0.2, 0.25) is 0 Å². The molecule has 0 radical (unpaired) electrons. The summed E-state index contributed by atoms with van der Waals surface area (Å²) in [5.41, 5.74) is 5.05. The van der Waals surface area contributed by atoms with Gasteiger partial charge in [0.1, 0.15) is 17.7 Å². The molecule has 402 valence electrons. The second-order valence-electron chi connectivity index (χ2n) is 18.8. The van der Waals surface area contributed by atoms with Gasteiger partial charge in [-0.25, -0.2) is 8.78 Å². The summed E-state index contributed by atoms with van der Waals surface area (Å²) in [6, 6.07) is 18.6. The van der Waals surface area contributed by atoms with E-state index in [0.717, 1.165) is 35.1 Å². The van der Waals surface area contributed by atoms with Crippen molar-refractivity contribution >= 4 is 69.2 Å². The van der Waals surface area contributed by atoms with Gasteiger partial charge in [0.2, 0.25) is 17.7 Å². The standard InChI is InChI=1S/C54H61F2N9O11/c55-36-28-35(29-37(56)31-36)27-34-1-6-45-44(30-34)50(62-61-45)60-51(68)42-5-3-40(33-46(42)58-38-9-17-72-18-10-38)63-13-15-64(16-14-63)49(67)11-19-73-21-23-75-25-26-76-24-22-74-20-12-57-39-2-4-41-43(32-39)54(71)65(53(41)70)47-7-8-48(66)59-52(47)69/h1-6,28-33,38,47,57-58H,7-27H2,(H,59,66,69)(H2,60,61,62,68). The molecule has 5 N–H and O–H groups in total. The van der Waals surface area contributed by atoms with Crippen molar-refractivity contribution in [3.8, 4) is 0 Å². The number of carbonyl (C=O) groups excluding carboxylic acids is 6. The van der Waals surface area contributed by atoms with Crippen molar-refractivity contribution in [2.45, 2.75) is 50.6 Å². The van der Waals surface area contributed by atoms with Crippen LogP contribution >= 0.6 is 0 Å². The Bertz CT molecular complexity index is 2900.